The van der Waals surface area contributed by atoms with E-state index in [2.05, 4.69) is 20.8 Å². The van der Waals surface area contributed by atoms with E-state index >= 15 is 0 Å². The number of carbonyl (C=O) groups is 1. The van der Waals surface area contributed by atoms with Crippen LogP contribution in [0.25, 0.3) is 0 Å². The maximum atomic E-state index is 13.4. The number of ether oxygens (including phenoxy) is 1. The minimum atomic E-state index is -0.983. The van der Waals surface area contributed by atoms with Gasteiger partial charge in [0.25, 0.3) is 0 Å². The maximum absolute atomic E-state index is 13.4. The molecule has 0 rings (SSSR count). The quantitative estimate of drug-likeness (QED) is 0.0876. The van der Waals surface area contributed by atoms with Gasteiger partial charge in [0.1, 0.15) is 12.7 Å². The van der Waals surface area contributed by atoms with Crippen molar-refractivity contribution >= 4 is 5.97 Å². The van der Waals surface area contributed by atoms with Gasteiger partial charge in [-0.3, -0.25) is 4.79 Å². The zero-order valence-electron chi connectivity index (χ0n) is 24.0. The molecule has 0 aromatic rings. The van der Waals surface area contributed by atoms with Crippen molar-refractivity contribution in [3.63, 3.8) is 0 Å². The summed E-state index contributed by atoms with van der Waals surface area (Å²) in [7, 11) is 0. The van der Waals surface area contributed by atoms with Crippen molar-refractivity contribution in [1.29, 1.82) is 0 Å². The van der Waals surface area contributed by atoms with Crippen LogP contribution in [0.5, 0.6) is 0 Å². The molecule has 1 unspecified atom stereocenters. The van der Waals surface area contributed by atoms with Gasteiger partial charge >= 0.3 is 5.97 Å². The first-order chi connectivity index (χ1) is 17.1. The molecule has 0 bridgehead atoms. The molecule has 210 valence electrons. The van der Waals surface area contributed by atoms with Crippen molar-refractivity contribution in [1.82, 2.24) is 0 Å². The number of aliphatic hydroxyl groups is 2. The predicted octanol–water partition coefficient (Wildman–Crippen LogP) is 8.90. The first kappa shape index (κ1) is 34.4. The number of aliphatic hydroxyl groups excluding tert-OH is 2. The summed E-state index contributed by atoms with van der Waals surface area (Å²) in [6.45, 7) is 6.28. The van der Waals surface area contributed by atoms with Crippen molar-refractivity contribution in [3.8, 4) is 0 Å². The van der Waals surface area contributed by atoms with E-state index in [9.17, 15) is 15.0 Å². The molecule has 0 fully saturated rings. The number of rotatable bonds is 27. The molecule has 0 aromatic carbocycles. The molecule has 0 aromatic heterocycles. The lowest BCUT2D eigenvalue weighted by Crippen LogP contribution is -2.35. The van der Waals surface area contributed by atoms with Gasteiger partial charge in [-0.1, -0.05) is 149 Å². The SMILES string of the molecule is CCCCCCCCCCC(CCCCCCCC)(CCCCCCCC)C(=O)OCC(O)CO. The monoisotopic (exact) mass is 498 g/mol. The fourth-order valence-electron chi connectivity index (χ4n) is 5.14. The summed E-state index contributed by atoms with van der Waals surface area (Å²) in [5.74, 6) is -0.130. The number of carbonyl (C=O) groups excluding carboxylic acids is 1. The number of unbranched alkanes of at least 4 members (excludes halogenated alkanes) is 17. The van der Waals surface area contributed by atoms with Gasteiger partial charge in [0, 0.05) is 0 Å². The molecule has 4 heteroatoms. The molecule has 0 aliphatic carbocycles. The van der Waals surface area contributed by atoms with Crippen molar-refractivity contribution in [2.75, 3.05) is 13.2 Å². The van der Waals surface area contributed by atoms with Gasteiger partial charge in [-0.15, -0.1) is 0 Å². The van der Waals surface area contributed by atoms with E-state index in [1.54, 1.807) is 0 Å². The smallest absolute Gasteiger partial charge is 0.312 e. The third-order valence-electron chi connectivity index (χ3n) is 7.58. The molecule has 0 amide bonds. The third-order valence-corrected chi connectivity index (χ3v) is 7.58. The molecule has 2 N–H and O–H groups in total. The summed E-state index contributed by atoms with van der Waals surface area (Å²) >= 11 is 0. The van der Waals surface area contributed by atoms with Gasteiger partial charge < -0.3 is 14.9 Å². The van der Waals surface area contributed by atoms with E-state index in [-0.39, 0.29) is 19.2 Å². The highest BCUT2D eigenvalue weighted by Crippen LogP contribution is 2.39. The lowest BCUT2D eigenvalue weighted by molar-refractivity contribution is -0.161. The molecule has 0 aliphatic heterocycles. The van der Waals surface area contributed by atoms with Crippen LogP contribution in [-0.2, 0) is 9.53 Å². The molecule has 0 saturated carbocycles. The molecule has 0 heterocycles. The summed E-state index contributed by atoms with van der Waals surface area (Å²) < 4.78 is 5.62. The van der Waals surface area contributed by atoms with E-state index in [1.807, 2.05) is 0 Å². The third kappa shape index (κ3) is 19.2. The molecule has 35 heavy (non-hydrogen) atoms. The summed E-state index contributed by atoms with van der Waals surface area (Å²) in [4.78, 5) is 13.4. The van der Waals surface area contributed by atoms with E-state index in [0.717, 1.165) is 38.5 Å². The molecule has 0 aliphatic rings. The minimum Gasteiger partial charge on any atom is -0.462 e. The fraction of sp³-hybridized carbons (Fsp3) is 0.968. The average Bonchev–Trinajstić information content (AvgIpc) is 2.87. The Hall–Kier alpha value is -0.610. The Kier molecular flexibility index (Phi) is 24.6. The van der Waals surface area contributed by atoms with Gasteiger partial charge in [0.05, 0.1) is 12.0 Å². The van der Waals surface area contributed by atoms with Crippen LogP contribution >= 0.6 is 0 Å². The largest absolute Gasteiger partial charge is 0.462 e. The van der Waals surface area contributed by atoms with Crippen LogP contribution in [0.15, 0.2) is 0 Å². The zero-order valence-corrected chi connectivity index (χ0v) is 24.0. The second-order valence-corrected chi connectivity index (χ2v) is 11.0. The standard InChI is InChI=1S/C31H62O4/c1-4-7-10-13-16-17-20-23-26-31(24-21-18-14-11-8-5-2,25-22-19-15-12-9-6-3)30(34)35-28-29(33)27-32/h29,32-33H,4-28H2,1-3H3. The Morgan fingerprint density at radius 3 is 1.23 bits per heavy atom. The van der Waals surface area contributed by atoms with E-state index in [0.29, 0.717) is 0 Å². The predicted molar refractivity (Wildman–Crippen MR) is 150 cm³/mol. The van der Waals surface area contributed by atoms with Crippen LogP contribution in [0.4, 0.5) is 0 Å². The van der Waals surface area contributed by atoms with Gasteiger partial charge in [0.2, 0.25) is 0 Å². The normalized spacial score (nSPS) is 12.7. The van der Waals surface area contributed by atoms with E-state index in [4.69, 9.17) is 4.74 Å². The van der Waals surface area contributed by atoms with Gasteiger partial charge in [-0.25, -0.2) is 0 Å². The van der Waals surface area contributed by atoms with E-state index in [1.165, 1.54) is 109 Å². The zero-order chi connectivity index (χ0) is 26.0. The molecule has 0 radical (unpaired) electrons. The molecule has 0 saturated heterocycles. The van der Waals surface area contributed by atoms with Gasteiger partial charge in [-0.05, 0) is 19.3 Å². The van der Waals surface area contributed by atoms with Crippen LogP contribution in [0.2, 0.25) is 0 Å². The summed E-state index contributed by atoms with van der Waals surface area (Å²) in [5.41, 5.74) is -0.424. The molecule has 4 nitrogen and oxygen atoms in total. The number of hydrogen-bond donors (Lipinski definition) is 2. The highest BCUT2D eigenvalue weighted by molar-refractivity contribution is 5.76. The molecular formula is C31H62O4. The van der Waals surface area contributed by atoms with Crippen LogP contribution in [-0.4, -0.2) is 35.5 Å². The topological polar surface area (TPSA) is 66.8 Å². The Morgan fingerprint density at radius 2 is 0.914 bits per heavy atom. The first-order valence-corrected chi connectivity index (χ1v) is 15.5. The molecule has 0 spiro atoms. The van der Waals surface area contributed by atoms with Crippen LogP contribution in [0, 0.1) is 5.41 Å². The van der Waals surface area contributed by atoms with Crippen LogP contribution in [0.3, 0.4) is 0 Å². The Bertz CT molecular complexity index is 435. The van der Waals surface area contributed by atoms with Gasteiger partial charge in [-0.2, -0.15) is 0 Å². The molecular weight excluding hydrogens is 436 g/mol. The van der Waals surface area contributed by atoms with Crippen LogP contribution in [0.1, 0.15) is 168 Å². The Morgan fingerprint density at radius 1 is 0.600 bits per heavy atom. The van der Waals surface area contributed by atoms with Gasteiger partial charge in [0.15, 0.2) is 0 Å². The average molecular weight is 499 g/mol. The summed E-state index contributed by atoms with van der Waals surface area (Å²) in [5, 5.41) is 18.9. The Labute approximate surface area is 219 Å². The lowest BCUT2D eigenvalue weighted by Gasteiger charge is -2.32. The Balaban J connectivity index is 5.01. The van der Waals surface area contributed by atoms with E-state index < -0.39 is 11.5 Å². The van der Waals surface area contributed by atoms with Crippen molar-refractivity contribution in [2.45, 2.75) is 175 Å². The second-order valence-electron chi connectivity index (χ2n) is 11.0. The summed E-state index contributed by atoms with van der Waals surface area (Å²) in [6.07, 6.45) is 26.5. The second kappa shape index (κ2) is 25.1. The number of hydrogen-bond acceptors (Lipinski definition) is 4. The van der Waals surface area contributed by atoms with Crippen molar-refractivity contribution in [2.24, 2.45) is 5.41 Å². The highest BCUT2D eigenvalue weighted by atomic mass is 16.5. The van der Waals surface area contributed by atoms with Crippen molar-refractivity contribution < 1.29 is 19.7 Å². The molecule has 1 atom stereocenters. The lowest BCUT2D eigenvalue weighted by atomic mass is 9.74. The first-order valence-electron chi connectivity index (χ1n) is 15.5. The fourth-order valence-corrected chi connectivity index (χ4v) is 5.14. The van der Waals surface area contributed by atoms with Crippen molar-refractivity contribution in [3.05, 3.63) is 0 Å². The summed E-state index contributed by atoms with van der Waals surface area (Å²) in [6, 6.07) is 0. The minimum absolute atomic E-state index is 0.0957. The van der Waals surface area contributed by atoms with Crippen LogP contribution < -0.4 is 0 Å². The number of esters is 1. The maximum Gasteiger partial charge on any atom is 0.312 e. The highest BCUT2D eigenvalue weighted by Gasteiger charge is 2.38.